The average Bonchev–Trinajstić information content (AvgIpc) is 3.43. The summed E-state index contributed by atoms with van der Waals surface area (Å²) >= 11 is 0. The number of hydrogen-bond donors (Lipinski definition) is 1. The van der Waals surface area contributed by atoms with Gasteiger partial charge in [0.2, 0.25) is 11.6 Å². The standard InChI is InChI=1S/C22H21FN2O7/c1-13-4-2-5-14(8-13)11-30-17-9-19(25-10-15(23)20(26)24-22(25)28)32-18(17)12-31-21(27)16-6-3-7-29-16/h2-8,10,17-19H,9,11-12H2,1H3,(H,24,26,28)/t17?,18-,19-/m0/s1. The summed E-state index contributed by atoms with van der Waals surface area (Å²) < 4.78 is 36.9. The Morgan fingerprint density at radius 1 is 1.28 bits per heavy atom. The highest BCUT2D eigenvalue weighted by molar-refractivity contribution is 5.86. The second kappa shape index (κ2) is 9.33. The lowest BCUT2D eigenvalue weighted by Gasteiger charge is -2.19. The maximum Gasteiger partial charge on any atom is 0.374 e. The van der Waals surface area contributed by atoms with E-state index in [1.807, 2.05) is 36.2 Å². The third-order valence-corrected chi connectivity index (χ3v) is 5.06. The van der Waals surface area contributed by atoms with Crippen LogP contribution >= 0.6 is 0 Å². The van der Waals surface area contributed by atoms with Crippen LogP contribution in [-0.4, -0.2) is 34.3 Å². The van der Waals surface area contributed by atoms with Crippen LogP contribution in [0, 0.1) is 12.7 Å². The summed E-state index contributed by atoms with van der Waals surface area (Å²) in [5.74, 6) is -1.75. The van der Waals surface area contributed by atoms with Gasteiger partial charge in [-0.1, -0.05) is 29.8 Å². The fourth-order valence-corrected chi connectivity index (χ4v) is 3.50. The fourth-order valence-electron chi connectivity index (χ4n) is 3.50. The third kappa shape index (κ3) is 4.87. The number of benzene rings is 1. The van der Waals surface area contributed by atoms with Gasteiger partial charge in [-0.2, -0.15) is 4.39 Å². The number of esters is 1. The molecule has 1 aromatic carbocycles. The number of aromatic nitrogens is 2. The molecular weight excluding hydrogens is 423 g/mol. The molecule has 10 heteroatoms. The van der Waals surface area contributed by atoms with Crippen LogP contribution in [0.25, 0.3) is 0 Å². The van der Waals surface area contributed by atoms with E-state index in [4.69, 9.17) is 18.6 Å². The molecule has 1 aliphatic heterocycles. The quantitative estimate of drug-likeness (QED) is 0.557. The number of furan rings is 1. The van der Waals surface area contributed by atoms with Crippen LogP contribution in [0.3, 0.4) is 0 Å². The first-order valence-corrected chi connectivity index (χ1v) is 9.95. The summed E-state index contributed by atoms with van der Waals surface area (Å²) in [6.45, 7) is 2.06. The predicted octanol–water partition coefficient (Wildman–Crippen LogP) is 2.31. The number of nitrogens with one attached hydrogen (secondary N) is 1. The van der Waals surface area contributed by atoms with Crippen LogP contribution < -0.4 is 11.2 Å². The van der Waals surface area contributed by atoms with E-state index in [1.165, 1.54) is 12.3 Å². The Morgan fingerprint density at radius 2 is 2.12 bits per heavy atom. The minimum atomic E-state index is -1.11. The molecule has 3 atom stereocenters. The molecule has 32 heavy (non-hydrogen) atoms. The lowest BCUT2D eigenvalue weighted by Crippen LogP contribution is -2.34. The molecule has 4 rings (SSSR count). The highest BCUT2D eigenvalue weighted by Gasteiger charge is 2.38. The van der Waals surface area contributed by atoms with Crippen LogP contribution in [0.1, 0.15) is 34.3 Å². The largest absolute Gasteiger partial charge is 0.457 e. The van der Waals surface area contributed by atoms with Crippen molar-refractivity contribution in [3.8, 4) is 0 Å². The molecule has 0 radical (unpaired) electrons. The Bertz CT molecular complexity index is 1200. The number of nitrogens with zero attached hydrogens (tertiary/aromatic N) is 1. The minimum absolute atomic E-state index is 0.0377. The second-order valence-electron chi connectivity index (χ2n) is 7.42. The maximum atomic E-state index is 13.8. The molecule has 168 valence electrons. The van der Waals surface area contributed by atoms with Crippen LogP contribution in [0.2, 0.25) is 0 Å². The van der Waals surface area contributed by atoms with E-state index in [9.17, 15) is 18.8 Å². The summed E-state index contributed by atoms with van der Waals surface area (Å²) in [4.78, 5) is 37.5. The molecule has 1 aliphatic rings. The molecule has 1 unspecified atom stereocenters. The Kier molecular flexibility index (Phi) is 6.33. The molecule has 9 nitrogen and oxygen atoms in total. The molecule has 3 heterocycles. The molecule has 0 aliphatic carbocycles. The molecule has 0 saturated carbocycles. The number of halogens is 1. The maximum absolute atomic E-state index is 13.8. The van der Waals surface area contributed by atoms with Crippen LogP contribution in [0.5, 0.6) is 0 Å². The number of carbonyl (C=O) groups excluding carboxylic acids is 1. The summed E-state index contributed by atoms with van der Waals surface area (Å²) in [5.41, 5.74) is 0.0883. The number of ether oxygens (including phenoxy) is 3. The highest BCUT2D eigenvalue weighted by Crippen LogP contribution is 2.31. The van der Waals surface area contributed by atoms with E-state index < -0.39 is 41.5 Å². The van der Waals surface area contributed by atoms with Gasteiger partial charge >= 0.3 is 11.7 Å². The van der Waals surface area contributed by atoms with Gasteiger partial charge in [0.15, 0.2) is 0 Å². The van der Waals surface area contributed by atoms with E-state index in [0.717, 1.165) is 21.9 Å². The average molecular weight is 444 g/mol. The zero-order chi connectivity index (χ0) is 22.7. The first-order valence-electron chi connectivity index (χ1n) is 9.95. The molecule has 0 amide bonds. The minimum Gasteiger partial charge on any atom is -0.457 e. The summed E-state index contributed by atoms with van der Waals surface area (Å²) in [5, 5.41) is 0. The van der Waals surface area contributed by atoms with Gasteiger partial charge in [-0.15, -0.1) is 0 Å². The lowest BCUT2D eigenvalue weighted by molar-refractivity contribution is -0.0714. The molecule has 0 spiro atoms. The molecule has 1 N–H and O–H groups in total. The number of H-pyrrole nitrogens is 1. The lowest BCUT2D eigenvalue weighted by atomic mass is 10.1. The van der Waals surface area contributed by atoms with Gasteiger partial charge in [-0.3, -0.25) is 14.3 Å². The van der Waals surface area contributed by atoms with E-state index >= 15 is 0 Å². The third-order valence-electron chi connectivity index (χ3n) is 5.06. The first-order chi connectivity index (χ1) is 15.4. The summed E-state index contributed by atoms with van der Waals surface area (Å²) in [6, 6.07) is 10.8. The van der Waals surface area contributed by atoms with Gasteiger partial charge in [-0.25, -0.2) is 9.59 Å². The van der Waals surface area contributed by atoms with E-state index in [0.29, 0.717) is 0 Å². The molecule has 2 aromatic heterocycles. The van der Waals surface area contributed by atoms with Gasteiger partial charge in [0, 0.05) is 6.42 Å². The van der Waals surface area contributed by atoms with Crippen molar-refractivity contribution in [3.05, 3.63) is 92.4 Å². The summed E-state index contributed by atoms with van der Waals surface area (Å²) in [7, 11) is 0. The number of rotatable bonds is 7. The van der Waals surface area contributed by atoms with Crippen LogP contribution in [0.15, 0.2) is 62.9 Å². The Morgan fingerprint density at radius 3 is 2.88 bits per heavy atom. The van der Waals surface area contributed by atoms with Crippen molar-refractivity contribution in [3.63, 3.8) is 0 Å². The van der Waals surface area contributed by atoms with Crippen LogP contribution in [-0.2, 0) is 20.8 Å². The monoisotopic (exact) mass is 444 g/mol. The van der Waals surface area contributed by atoms with Gasteiger partial charge in [0.25, 0.3) is 5.56 Å². The van der Waals surface area contributed by atoms with Crippen molar-refractivity contribution in [2.45, 2.75) is 38.4 Å². The number of carbonyl (C=O) groups is 1. The summed E-state index contributed by atoms with van der Waals surface area (Å²) in [6.07, 6.45) is 0.117. The second-order valence-corrected chi connectivity index (χ2v) is 7.42. The predicted molar refractivity (Wildman–Crippen MR) is 109 cm³/mol. The van der Waals surface area contributed by atoms with Crippen molar-refractivity contribution in [2.75, 3.05) is 6.61 Å². The van der Waals surface area contributed by atoms with Crippen molar-refractivity contribution >= 4 is 5.97 Å². The fraction of sp³-hybridized carbons (Fsp3) is 0.318. The van der Waals surface area contributed by atoms with Gasteiger partial charge < -0.3 is 18.6 Å². The van der Waals surface area contributed by atoms with Gasteiger partial charge in [-0.05, 0) is 24.6 Å². The zero-order valence-corrected chi connectivity index (χ0v) is 17.2. The van der Waals surface area contributed by atoms with Crippen molar-refractivity contribution in [2.24, 2.45) is 0 Å². The van der Waals surface area contributed by atoms with Gasteiger partial charge in [0.1, 0.15) is 18.9 Å². The van der Waals surface area contributed by atoms with Gasteiger partial charge in [0.05, 0.1) is 25.2 Å². The van der Waals surface area contributed by atoms with E-state index in [1.54, 1.807) is 6.07 Å². The van der Waals surface area contributed by atoms with E-state index in [2.05, 4.69) is 0 Å². The first kappa shape index (κ1) is 21.7. The normalized spacial score (nSPS) is 20.4. The SMILES string of the molecule is Cc1cccc(COC2C[C@@H](n3cc(F)c(=O)[nH]c3=O)O[C@H]2COC(=O)c2ccco2)c1. The molecule has 1 fully saturated rings. The Hall–Kier alpha value is -3.50. The van der Waals surface area contributed by atoms with E-state index in [-0.39, 0.29) is 25.4 Å². The molecule has 3 aromatic rings. The van der Waals surface area contributed by atoms with Crippen molar-refractivity contribution in [1.29, 1.82) is 0 Å². The topological polar surface area (TPSA) is 113 Å². The Labute approximate surface area is 181 Å². The smallest absolute Gasteiger partial charge is 0.374 e. The molecule has 1 saturated heterocycles. The van der Waals surface area contributed by atoms with Crippen molar-refractivity contribution < 1.29 is 27.8 Å². The van der Waals surface area contributed by atoms with Crippen molar-refractivity contribution in [1.82, 2.24) is 9.55 Å². The number of aromatic amines is 1. The zero-order valence-electron chi connectivity index (χ0n) is 17.2. The number of aryl methyl sites for hydroxylation is 1. The number of hydrogen-bond acceptors (Lipinski definition) is 7. The van der Waals surface area contributed by atoms with Crippen LogP contribution in [0.4, 0.5) is 4.39 Å². The Balaban J connectivity index is 1.50. The molecule has 0 bridgehead atoms. The highest BCUT2D eigenvalue weighted by atomic mass is 19.1. The molecular formula is C22H21FN2O7.